The molecule has 0 aliphatic rings. The number of rotatable bonds is 2. The third kappa shape index (κ3) is 2.49. The first-order valence-electron chi connectivity index (χ1n) is 5.87. The molecule has 0 radical (unpaired) electrons. The lowest BCUT2D eigenvalue weighted by Gasteiger charge is -2.14. The Morgan fingerprint density at radius 2 is 1.00 bits per heavy atom. The van der Waals surface area contributed by atoms with E-state index in [9.17, 15) is 0 Å². The smallest absolute Gasteiger partial charge is 0.150 e. The zero-order valence-electron chi connectivity index (χ0n) is 11.0. The molecule has 0 aliphatic heterocycles. The number of nitrogen functional groups attached to an aromatic ring is 4. The van der Waals surface area contributed by atoms with Gasteiger partial charge in [-0.15, -0.1) is 0 Å². The topological polar surface area (TPSA) is 113 Å². The maximum atomic E-state index is 5.89. The van der Waals surface area contributed by atoms with E-state index in [4.69, 9.17) is 27.7 Å². The van der Waals surface area contributed by atoms with Crippen molar-refractivity contribution in [2.75, 3.05) is 22.9 Å². The van der Waals surface area contributed by atoms with Crippen LogP contribution in [0.4, 0.5) is 22.7 Å². The van der Waals surface area contributed by atoms with Gasteiger partial charge in [0.2, 0.25) is 0 Å². The molecule has 2 rings (SSSR count). The number of hydrogen-bond acceptors (Lipinski definition) is 5. The van der Waals surface area contributed by atoms with Gasteiger partial charge in [-0.05, 0) is 49.2 Å². The second-order valence-electron chi connectivity index (χ2n) is 4.60. The summed E-state index contributed by atoms with van der Waals surface area (Å²) in [5, 5.41) is 0. The number of aryl methyl sites for hydroxylation is 2. The standard InChI is InChI=1S/C14H18N4O/c1-7-3-13(11(17)5-9(7)15)19-14-4-8(2)10(16)6-12(14)18/h3-6H,15-18H2,1-2H3. The van der Waals surface area contributed by atoms with Crippen molar-refractivity contribution in [3.63, 3.8) is 0 Å². The van der Waals surface area contributed by atoms with Gasteiger partial charge in [0.1, 0.15) is 0 Å². The summed E-state index contributed by atoms with van der Waals surface area (Å²) in [5.74, 6) is 1.06. The van der Waals surface area contributed by atoms with Crippen molar-refractivity contribution in [1.29, 1.82) is 0 Å². The average Bonchev–Trinajstić information content (AvgIpc) is 2.32. The maximum Gasteiger partial charge on any atom is 0.150 e. The Labute approximate surface area is 112 Å². The molecule has 0 saturated carbocycles. The molecule has 0 bridgehead atoms. The summed E-state index contributed by atoms with van der Waals surface area (Å²) in [6, 6.07) is 6.92. The zero-order valence-corrected chi connectivity index (χ0v) is 11.0. The van der Waals surface area contributed by atoms with Crippen LogP contribution in [0.15, 0.2) is 24.3 Å². The Kier molecular flexibility index (Phi) is 3.12. The molecule has 0 saturated heterocycles. The van der Waals surface area contributed by atoms with Crippen LogP contribution in [-0.2, 0) is 0 Å². The average molecular weight is 258 g/mol. The van der Waals surface area contributed by atoms with Gasteiger partial charge in [0, 0.05) is 11.4 Å². The second kappa shape index (κ2) is 4.61. The lowest BCUT2D eigenvalue weighted by atomic mass is 10.1. The van der Waals surface area contributed by atoms with E-state index in [0.29, 0.717) is 34.2 Å². The van der Waals surface area contributed by atoms with Crippen LogP contribution in [0.3, 0.4) is 0 Å². The van der Waals surface area contributed by atoms with Gasteiger partial charge in [-0.25, -0.2) is 0 Å². The maximum absolute atomic E-state index is 5.89. The summed E-state index contributed by atoms with van der Waals surface area (Å²) in [7, 11) is 0. The third-order valence-electron chi connectivity index (χ3n) is 3.02. The number of hydrogen-bond donors (Lipinski definition) is 4. The minimum Gasteiger partial charge on any atom is -0.453 e. The SMILES string of the molecule is Cc1cc(Oc2cc(C)c(N)cc2N)c(N)cc1N. The summed E-state index contributed by atoms with van der Waals surface area (Å²) < 4.78 is 5.75. The van der Waals surface area contributed by atoms with Crippen molar-refractivity contribution in [2.24, 2.45) is 0 Å². The van der Waals surface area contributed by atoms with E-state index < -0.39 is 0 Å². The van der Waals surface area contributed by atoms with E-state index in [2.05, 4.69) is 0 Å². The normalized spacial score (nSPS) is 10.4. The molecule has 100 valence electrons. The fraction of sp³-hybridized carbons (Fsp3) is 0.143. The van der Waals surface area contributed by atoms with E-state index in [1.807, 2.05) is 13.8 Å². The van der Waals surface area contributed by atoms with Crippen molar-refractivity contribution >= 4 is 22.7 Å². The molecule has 0 aliphatic carbocycles. The van der Waals surface area contributed by atoms with Crippen molar-refractivity contribution in [2.45, 2.75) is 13.8 Å². The molecule has 0 unspecified atom stereocenters. The fourth-order valence-corrected chi connectivity index (χ4v) is 1.73. The Hall–Kier alpha value is -2.56. The van der Waals surface area contributed by atoms with Gasteiger partial charge in [0.05, 0.1) is 11.4 Å². The van der Waals surface area contributed by atoms with Gasteiger partial charge in [-0.2, -0.15) is 0 Å². The fourth-order valence-electron chi connectivity index (χ4n) is 1.73. The van der Waals surface area contributed by atoms with Crippen LogP contribution in [0.5, 0.6) is 11.5 Å². The van der Waals surface area contributed by atoms with Crippen molar-refractivity contribution in [1.82, 2.24) is 0 Å². The quantitative estimate of drug-likeness (QED) is 0.618. The van der Waals surface area contributed by atoms with Gasteiger partial charge in [0.15, 0.2) is 11.5 Å². The predicted molar refractivity (Wildman–Crippen MR) is 80.1 cm³/mol. The van der Waals surface area contributed by atoms with E-state index in [-0.39, 0.29) is 0 Å². The number of benzene rings is 2. The van der Waals surface area contributed by atoms with E-state index in [1.165, 1.54) is 0 Å². The van der Waals surface area contributed by atoms with Crippen molar-refractivity contribution in [3.8, 4) is 11.5 Å². The molecular weight excluding hydrogens is 240 g/mol. The van der Waals surface area contributed by atoms with Crippen LogP contribution in [0.2, 0.25) is 0 Å². The largest absolute Gasteiger partial charge is 0.453 e. The van der Waals surface area contributed by atoms with Gasteiger partial charge in [-0.1, -0.05) is 0 Å². The molecular formula is C14H18N4O. The van der Waals surface area contributed by atoms with Crippen LogP contribution in [0, 0.1) is 13.8 Å². The Morgan fingerprint density at radius 1 is 0.632 bits per heavy atom. The first-order chi connectivity index (χ1) is 8.88. The van der Waals surface area contributed by atoms with Crippen molar-refractivity contribution in [3.05, 3.63) is 35.4 Å². The van der Waals surface area contributed by atoms with E-state index in [0.717, 1.165) is 11.1 Å². The number of anilines is 4. The van der Waals surface area contributed by atoms with E-state index >= 15 is 0 Å². The first kappa shape index (κ1) is 12.9. The summed E-state index contributed by atoms with van der Waals surface area (Å²) in [4.78, 5) is 0. The molecule has 0 spiro atoms. The molecule has 2 aromatic carbocycles. The van der Waals surface area contributed by atoms with Crippen LogP contribution in [-0.4, -0.2) is 0 Å². The Morgan fingerprint density at radius 3 is 1.37 bits per heavy atom. The lowest BCUT2D eigenvalue weighted by Crippen LogP contribution is -2.00. The summed E-state index contributed by atoms with van der Waals surface area (Å²) >= 11 is 0. The highest BCUT2D eigenvalue weighted by atomic mass is 16.5. The molecule has 0 amide bonds. The van der Waals surface area contributed by atoms with Crippen LogP contribution in [0.25, 0.3) is 0 Å². The van der Waals surface area contributed by atoms with Gasteiger partial charge < -0.3 is 27.7 Å². The van der Waals surface area contributed by atoms with E-state index in [1.54, 1.807) is 24.3 Å². The lowest BCUT2D eigenvalue weighted by molar-refractivity contribution is 0.487. The summed E-state index contributed by atoms with van der Waals surface area (Å²) in [5.41, 5.74) is 27.3. The molecule has 8 N–H and O–H groups in total. The Bertz CT molecular complexity index is 582. The molecule has 5 heteroatoms. The summed E-state index contributed by atoms with van der Waals surface area (Å²) in [6.45, 7) is 3.78. The minimum absolute atomic E-state index is 0.469. The molecule has 0 atom stereocenters. The molecule has 2 aromatic rings. The van der Waals surface area contributed by atoms with Gasteiger partial charge in [0.25, 0.3) is 0 Å². The van der Waals surface area contributed by atoms with Crippen LogP contribution >= 0.6 is 0 Å². The number of ether oxygens (including phenoxy) is 1. The molecule has 0 aromatic heterocycles. The monoisotopic (exact) mass is 258 g/mol. The van der Waals surface area contributed by atoms with Crippen LogP contribution < -0.4 is 27.7 Å². The molecule has 0 fully saturated rings. The van der Waals surface area contributed by atoms with Crippen molar-refractivity contribution < 1.29 is 4.74 Å². The van der Waals surface area contributed by atoms with Gasteiger partial charge >= 0.3 is 0 Å². The molecule has 0 heterocycles. The third-order valence-corrected chi connectivity index (χ3v) is 3.02. The molecule has 19 heavy (non-hydrogen) atoms. The second-order valence-corrected chi connectivity index (χ2v) is 4.60. The number of nitrogens with two attached hydrogens (primary N) is 4. The highest BCUT2D eigenvalue weighted by molar-refractivity contribution is 5.68. The highest BCUT2D eigenvalue weighted by Crippen LogP contribution is 2.35. The molecule has 5 nitrogen and oxygen atoms in total. The Balaban J connectivity index is 2.42. The van der Waals surface area contributed by atoms with Crippen LogP contribution in [0.1, 0.15) is 11.1 Å². The predicted octanol–water partition coefficient (Wildman–Crippen LogP) is 2.42. The summed E-state index contributed by atoms with van der Waals surface area (Å²) in [6.07, 6.45) is 0. The first-order valence-corrected chi connectivity index (χ1v) is 5.87. The highest BCUT2D eigenvalue weighted by Gasteiger charge is 2.09. The van der Waals surface area contributed by atoms with Gasteiger partial charge in [-0.3, -0.25) is 0 Å². The minimum atomic E-state index is 0.469. The zero-order chi connectivity index (χ0) is 14.2.